The van der Waals surface area contributed by atoms with Gasteiger partial charge in [0.1, 0.15) is 6.10 Å². The summed E-state index contributed by atoms with van der Waals surface area (Å²) in [4.78, 5) is 1.11. The van der Waals surface area contributed by atoms with E-state index in [2.05, 4.69) is 6.08 Å². The molecule has 14 heavy (non-hydrogen) atoms. The summed E-state index contributed by atoms with van der Waals surface area (Å²) >= 11 is 1.78. The number of aliphatic hydroxyl groups is 1. The van der Waals surface area contributed by atoms with Crippen molar-refractivity contribution in [3.8, 4) is 0 Å². The monoisotopic (exact) mass is 206 g/mol. The standard InChI is InChI=1S/C12H14OS/c13-12(10-6-2-1-3-7-10)11-8-4-5-9-14-11/h1-3,6-8,12-13H,4-5,9H2. The Balaban J connectivity index is 2.15. The van der Waals surface area contributed by atoms with Crippen LogP contribution in [0.15, 0.2) is 41.3 Å². The molecule has 2 heteroatoms. The Bertz CT molecular complexity index is 318. The van der Waals surface area contributed by atoms with Crippen molar-refractivity contribution >= 4 is 11.8 Å². The smallest absolute Gasteiger partial charge is 0.110 e. The zero-order chi connectivity index (χ0) is 9.80. The van der Waals surface area contributed by atoms with Crippen LogP contribution in [0.1, 0.15) is 24.5 Å². The van der Waals surface area contributed by atoms with E-state index in [4.69, 9.17) is 0 Å². The maximum Gasteiger partial charge on any atom is 0.110 e. The predicted molar refractivity (Wildman–Crippen MR) is 61.2 cm³/mol. The Kier molecular flexibility index (Phi) is 3.27. The highest BCUT2D eigenvalue weighted by molar-refractivity contribution is 8.03. The largest absolute Gasteiger partial charge is 0.383 e. The lowest BCUT2D eigenvalue weighted by Gasteiger charge is -2.18. The maximum atomic E-state index is 10.1. The minimum Gasteiger partial charge on any atom is -0.383 e. The highest BCUT2D eigenvalue weighted by Gasteiger charge is 2.15. The van der Waals surface area contributed by atoms with E-state index < -0.39 is 6.10 Å². The molecular weight excluding hydrogens is 192 g/mol. The molecule has 1 N–H and O–H groups in total. The number of hydrogen-bond acceptors (Lipinski definition) is 2. The summed E-state index contributed by atoms with van der Waals surface area (Å²) in [6, 6.07) is 9.85. The van der Waals surface area contributed by atoms with Gasteiger partial charge in [0.25, 0.3) is 0 Å². The second kappa shape index (κ2) is 4.67. The molecular formula is C12H14OS. The van der Waals surface area contributed by atoms with Crippen LogP contribution < -0.4 is 0 Å². The van der Waals surface area contributed by atoms with E-state index in [1.807, 2.05) is 30.3 Å². The number of rotatable bonds is 2. The quantitative estimate of drug-likeness (QED) is 0.802. The van der Waals surface area contributed by atoms with Crippen molar-refractivity contribution in [3.63, 3.8) is 0 Å². The number of allylic oxidation sites excluding steroid dienone is 1. The number of benzene rings is 1. The molecule has 0 bridgehead atoms. The first-order valence-electron chi connectivity index (χ1n) is 4.94. The first kappa shape index (κ1) is 9.81. The third kappa shape index (κ3) is 2.20. The number of aliphatic hydroxyl groups excluding tert-OH is 1. The minimum absolute atomic E-state index is 0.415. The van der Waals surface area contributed by atoms with Gasteiger partial charge in [-0.05, 0) is 24.2 Å². The van der Waals surface area contributed by atoms with Crippen LogP contribution in [-0.2, 0) is 0 Å². The Morgan fingerprint density at radius 3 is 2.64 bits per heavy atom. The molecule has 0 amide bonds. The normalized spacial score (nSPS) is 18.8. The molecule has 0 saturated carbocycles. The third-order valence-corrected chi connectivity index (χ3v) is 3.56. The molecule has 0 aliphatic carbocycles. The second-order valence-corrected chi connectivity index (χ2v) is 4.58. The van der Waals surface area contributed by atoms with Crippen LogP contribution in [-0.4, -0.2) is 10.9 Å². The zero-order valence-electron chi connectivity index (χ0n) is 8.02. The van der Waals surface area contributed by atoms with E-state index in [1.165, 1.54) is 6.42 Å². The molecule has 0 fully saturated rings. The van der Waals surface area contributed by atoms with Gasteiger partial charge in [-0.2, -0.15) is 0 Å². The van der Waals surface area contributed by atoms with Crippen molar-refractivity contribution in [2.75, 3.05) is 5.75 Å². The Morgan fingerprint density at radius 2 is 2.00 bits per heavy atom. The predicted octanol–water partition coefficient (Wildman–Crippen LogP) is 3.13. The average Bonchev–Trinajstić information content (AvgIpc) is 2.30. The van der Waals surface area contributed by atoms with E-state index >= 15 is 0 Å². The summed E-state index contributed by atoms with van der Waals surface area (Å²) in [5.74, 6) is 1.13. The van der Waals surface area contributed by atoms with Gasteiger partial charge >= 0.3 is 0 Å². The van der Waals surface area contributed by atoms with Crippen molar-refractivity contribution in [2.45, 2.75) is 18.9 Å². The molecule has 1 atom stereocenters. The van der Waals surface area contributed by atoms with Crippen molar-refractivity contribution in [3.05, 3.63) is 46.9 Å². The summed E-state index contributed by atoms with van der Waals surface area (Å²) in [6.07, 6.45) is 4.08. The highest BCUT2D eigenvalue weighted by atomic mass is 32.2. The minimum atomic E-state index is -0.415. The van der Waals surface area contributed by atoms with E-state index in [9.17, 15) is 5.11 Å². The summed E-state index contributed by atoms with van der Waals surface area (Å²) < 4.78 is 0. The highest BCUT2D eigenvalue weighted by Crippen LogP contribution is 2.34. The Morgan fingerprint density at radius 1 is 1.21 bits per heavy atom. The summed E-state index contributed by atoms with van der Waals surface area (Å²) in [5, 5.41) is 10.1. The lowest BCUT2D eigenvalue weighted by molar-refractivity contribution is 0.224. The topological polar surface area (TPSA) is 20.2 Å². The molecule has 74 valence electrons. The lowest BCUT2D eigenvalue weighted by atomic mass is 10.1. The molecule has 0 spiro atoms. The molecule has 1 unspecified atom stereocenters. The Labute approximate surface area is 88.8 Å². The van der Waals surface area contributed by atoms with E-state index in [1.54, 1.807) is 11.8 Å². The zero-order valence-corrected chi connectivity index (χ0v) is 8.83. The molecule has 1 aromatic rings. The van der Waals surface area contributed by atoms with Gasteiger partial charge in [0.15, 0.2) is 0 Å². The molecule has 1 aromatic carbocycles. The summed E-state index contributed by atoms with van der Waals surface area (Å²) in [6.45, 7) is 0. The third-order valence-electron chi connectivity index (χ3n) is 2.35. The van der Waals surface area contributed by atoms with Gasteiger partial charge in [-0.15, -0.1) is 11.8 Å². The average molecular weight is 206 g/mol. The fourth-order valence-corrected chi connectivity index (χ4v) is 2.64. The van der Waals surface area contributed by atoms with Crippen molar-refractivity contribution in [1.29, 1.82) is 0 Å². The van der Waals surface area contributed by atoms with Crippen LogP contribution in [0.4, 0.5) is 0 Å². The van der Waals surface area contributed by atoms with Crippen LogP contribution in [0.5, 0.6) is 0 Å². The van der Waals surface area contributed by atoms with Gasteiger partial charge in [-0.3, -0.25) is 0 Å². The molecule has 2 rings (SSSR count). The lowest BCUT2D eigenvalue weighted by Crippen LogP contribution is -2.02. The maximum absolute atomic E-state index is 10.1. The second-order valence-electron chi connectivity index (χ2n) is 3.41. The summed E-state index contributed by atoms with van der Waals surface area (Å²) in [5.41, 5.74) is 0.994. The van der Waals surface area contributed by atoms with Crippen molar-refractivity contribution < 1.29 is 5.11 Å². The Hall–Kier alpha value is -0.730. The number of thioether (sulfide) groups is 1. The molecule has 1 heterocycles. The van der Waals surface area contributed by atoms with Crippen LogP contribution in [0.3, 0.4) is 0 Å². The van der Waals surface area contributed by atoms with E-state index in [0.29, 0.717) is 0 Å². The van der Waals surface area contributed by atoms with Gasteiger partial charge in [-0.25, -0.2) is 0 Å². The fraction of sp³-hybridized carbons (Fsp3) is 0.333. The van der Waals surface area contributed by atoms with Gasteiger partial charge < -0.3 is 5.11 Å². The van der Waals surface area contributed by atoms with Gasteiger partial charge in [0.2, 0.25) is 0 Å². The molecule has 0 radical (unpaired) electrons. The first-order chi connectivity index (χ1) is 6.88. The molecule has 0 saturated heterocycles. The molecule has 1 aliphatic rings. The van der Waals surface area contributed by atoms with E-state index in [-0.39, 0.29) is 0 Å². The van der Waals surface area contributed by atoms with Crippen LogP contribution in [0.25, 0.3) is 0 Å². The van der Waals surface area contributed by atoms with Gasteiger partial charge in [0, 0.05) is 4.91 Å². The molecule has 1 nitrogen and oxygen atoms in total. The van der Waals surface area contributed by atoms with Crippen molar-refractivity contribution in [2.24, 2.45) is 0 Å². The molecule has 1 aliphatic heterocycles. The summed E-state index contributed by atoms with van der Waals surface area (Å²) in [7, 11) is 0. The van der Waals surface area contributed by atoms with Crippen LogP contribution >= 0.6 is 11.8 Å². The fourth-order valence-electron chi connectivity index (χ4n) is 1.57. The SMILES string of the molecule is OC(C1=CCCCS1)c1ccccc1. The number of hydrogen-bond donors (Lipinski definition) is 1. The van der Waals surface area contributed by atoms with Gasteiger partial charge in [0.05, 0.1) is 0 Å². The van der Waals surface area contributed by atoms with Gasteiger partial charge in [-0.1, -0.05) is 36.4 Å². The van der Waals surface area contributed by atoms with Crippen molar-refractivity contribution in [1.82, 2.24) is 0 Å². The van der Waals surface area contributed by atoms with Crippen LogP contribution in [0.2, 0.25) is 0 Å². The van der Waals surface area contributed by atoms with Crippen LogP contribution in [0, 0.1) is 0 Å². The van der Waals surface area contributed by atoms with E-state index in [0.717, 1.165) is 22.6 Å². The molecule has 0 aromatic heterocycles. The first-order valence-corrected chi connectivity index (χ1v) is 5.92.